The maximum Gasteiger partial charge on any atom is 0.323 e. The number of furan rings is 1. The van der Waals surface area contributed by atoms with E-state index in [0.29, 0.717) is 5.56 Å². The van der Waals surface area contributed by atoms with Gasteiger partial charge < -0.3 is 14.3 Å². The third-order valence-corrected chi connectivity index (χ3v) is 4.25. The minimum atomic E-state index is -1.98. The van der Waals surface area contributed by atoms with Crippen LogP contribution in [-0.4, -0.2) is 29.2 Å². The number of esters is 1. The predicted octanol–water partition coefficient (Wildman–Crippen LogP) is 2.33. The molecule has 0 fully saturated rings. The van der Waals surface area contributed by atoms with Crippen molar-refractivity contribution in [3.63, 3.8) is 0 Å². The third kappa shape index (κ3) is 2.27. The van der Waals surface area contributed by atoms with Gasteiger partial charge in [-0.2, -0.15) is 0 Å². The Kier molecular flexibility index (Phi) is 4.07. The van der Waals surface area contributed by atoms with Crippen LogP contribution in [-0.2, 0) is 9.53 Å². The lowest BCUT2D eigenvalue weighted by Crippen LogP contribution is -2.43. The van der Waals surface area contributed by atoms with Gasteiger partial charge >= 0.3 is 5.97 Å². The molecule has 0 unspecified atom stereocenters. The molecule has 1 heterocycles. The molecule has 6 nitrogen and oxygen atoms in total. The molecule has 0 saturated heterocycles. The van der Waals surface area contributed by atoms with Crippen molar-refractivity contribution in [1.82, 2.24) is 0 Å². The van der Waals surface area contributed by atoms with Crippen molar-refractivity contribution in [1.29, 1.82) is 0 Å². The maximum absolute atomic E-state index is 12.9. The van der Waals surface area contributed by atoms with E-state index in [1.807, 2.05) is 0 Å². The second kappa shape index (κ2) is 6.05. The molecular weight excluding hydrogens is 312 g/mol. The molecule has 0 radical (unpaired) electrons. The summed E-state index contributed by atoms with van der Waals surface area (Å²) < 4.78 is 10.1. The first-order valence-electron chi connectivity index (χ1n) is 7.58. The van der Waals surface area contributed by atoms with E-state index in [1.54, 1.807) is 25.1 Å². The molecule has 24 heavy (non-hydrogen) atoms. The van der Waals surface area contributed by atoms with Crippen LogP contribution in [0.2, 0.25) is 0 Å². The number of benzene rings is 1. The standard InChI is InChI=1S/C18H16O6/c1-2-23-17(22)18(10-13(19)14-8-5-9-24-14)15(20)11-6-3-4-7-12(11)16(18)21/h3-9,15,20H,2,10H2,1H3/t15-,18-/m0/s1. The molecule has 1 aliphatic rings. The van der Waals surface area contributed by atoms with E-state index in [1.165, 1.54) is 24.5 Å². The molecule has 2 atom stereocenters. The van der Waals surface area contributed by atoms with E-state index in [4.69, 9.17) is 9.15 Å². The molecule has 6 heteroatoms. The normalized spacial score (nSPS) is 22.2. The lowest BCUT2D eigenvalue weighted by atomic mass is 9.76. The van der Waals surface area contributed by atoms with Crippen LogP contribution in [0.25, 0.3) is 0 Å². The Bertz CT molecular complexity index is 792. The number of rotatable bonds is 5. The molecule has 1 N–H and O–H groups in total. The molecule has 2 aromatic rings. The summed E-state index contributed by atoms with van der Waals surface area (Å²) in [5.41, 5.74) is -1.43. The van der Waals surface area contributed by atoms with Crippen LogP contribution >= 0.6 is 0 Å². The monoisotopic (exact) mass is 328 g/mol. The first-order chi connectivity index (χ1) is 11.5. The Hall–Kier alpha value is -2.73. The molecule has 0 aliphatic heterocycles. The first-order valence-corrected chi connectivity index (χ1v) is 7.58. The van der Waals surface area contributed by atoms with E-state index in [-0.39, 0.29) is 17.9 Å². The zero-order valence-corrected chi connectivity index (χ0v) is 13.0. The third-order valence-electron chi connectivity index (χ3n) is 4.25. The van der Waals surface area contributed by atoms with Crippen LogP contribution in [0.3, 0.4) is 0 Å². The van der Waals surface area contributed by atoms with Crippen molar-refractivity contribution in [2.24, 2.45) is 5.41 Å². The van der Waals surface area contributed by atoms with Crippen molar-refractivity contribution >= 4 is 17.5 Å². The molecule has 0 amide bonds. The summed E-state index contributed by atoms with van der Waals surface area (Å²) in [6.07, 6.45) is -0.640. The maximum atomic E-state index is 12.9. The van der Waals surface area contributed by atoms with Gasteiger partial charge in [-0.15, -0.1) is 0 Å². The van der Waals surface area contributed by atoms with Gasteiger partial charge in [0.25, 0.3) is 0 Å². The Morgan fingerprint density at radius 1 is 1.25 bits per heavy atom. The Balaban J connectivity index is 2.06. The highest BCUT2D eigenvalue weighted by Crippen LogP contribution is 2.49. The van der Waals surface area contributed by atoms with Gasteiger partial charge in [0, 0.05) is 12.0 Å². The van der Waals surface area contributed by atoms with Gasteiger partial charge in [-0.3, -0.25) is 14.4 Å². The summed E-state index contributed by atoms with van der Waals surface area (Å²) in [5.74, 6) is -2.04. The van der Waals surface area contributed by atoms with Crippen molar-refractivity contribution in [2.75, 3.05) is 6.61 Å². The molecule has 3 rings (SSSR count). The number of aliphatic hydroxyl groups excluding tert-OH is 1. The number of carbonyl (C=O) groups is 3. The summed E-state index contributed by atoms with van der Waals surface area (Å²) in [5, 5.41) is 10.7. The molecule has 0 bridgehead atoms. The fraction of sp³-hybridized carbons (Fsp3) is 0.278. The van der Waals surface area contributed by atoms with Gasteiger partial charge in [0.05, 0.1) is 12.9 Å². The second-order valence-electron chi connectivity index (χ2n) is 5.59. The van der Waals surface area contributed by atoms with Crippen molar-refractivity contribution in [3.8, 4) is 0 Å². The SMILES string of the molecule is CCOC(=O)[C@]1(CC(=O)c2ccco2)C(=O)c2ccccc2[C@@H]1O. The fourth-order valence-corrected chi connectivity index (χ4v) is 3.06. The van der Waals surface area contributed by atoms with Crippen molar-refractivity contribution in [3.05, 3.63) is 59.5 Å². The lowest BCUT2D eigenvalue weighted by Gasteiger charge is -2.27. The highest BCUT2D eigenvalue weighted by atomic mass is 16.5. The number of Topliss-reactive ketones (excluding diaryl/α,β-unsaturated/α-hetero) is 2. The zero-order chi connectivity index (χ0) is 17.3. The van der Waals surface area contributed by atoms with Crippen LogP contribution in [0.1, 0.15) is 45.9 Å². The fourth-order valence-electron chi connectivity index (χ4n) is 3.06. The van der Waals surface area contributed by atoms with E-state index < -0.39 is 35.5 Å². The van der Waals surface area contributed by atoms with Crippen LogP contribution < -0.4 is 0 Å². The Morgan fingerprint density at radius 3 is 2.62 bits per heavy atom. The Morgan fingerprint density at radius 2 is 2.00 bits per heavy atom. The Labute approximate surface area is 138 Å². The second-order valence-corrected chi connectivity index (χ2v) is 5.59. The van der Waals surface area contributed by atoms with E-state index in [2.05, 4.69) is 0 Å². The number of ether oxygens (including phenoxy) is 1. The number of hydrogen-bond donors (Lipinski definition) is 1. The molecular formula is C18H16O6. The lowest BCUT2D eigenvalue weighted by molar-refractivity contribution is -0.157. The van der Waals surface area contributed by atoms with Crippen molar-refractivity contribution < 1.29 is 28.6 Å². The largest absolute Gasteiger partial charge is 0.465 e. The van der Waals surface area contributed by atoms with Gasteiger partial charge in [-0.1, -0.05) is 24.3 Å². The van der Waals surface area contributed by atoms with Crippen LogP contribution in [0, 0.1) is 5.41 Å². The van der Waals surface area contributed by atoms with E-state index >= 15 is 0 Å². The minimum absolute atomic E-state index is 0.0228. The average molecular weight is 328 g/mol. The number of fused-ring (bicyclic) bond motifs is 1. The van der Waals surface area contributed by atoms with Gasteiger partial charge in [0.1, 0.15) is 6.10 Å². The molecule has 1 aromatic heterocycles. The van der Waals surface area contributed by atoms with Gasteiger partial charge in [0.15, 0.2) is 22.7 Å². The smallest absolute Gasteiger partial charge is 0.323 e. The summed E-state index contributed by atoms with van der Waals surface area (Å²) >= 11 is 0. The zero-order valence-electron chi connectivity index (χ0n) is 13.0. The highest BCUT2D eigenvalue weighted by Gasteiger charge is 2.60. The molecule has 1 aliphatic carbocycles. The van der Waals surface area contributed by atoms with Crippen LogP contribution in [0.5, 0.6) is 0 Å². The van der Waals surface area contributed by atoms with Crippen LogP contribution in [0.15, 0.2) is 47.1 Å². The van der Waals surface area contributed by atoms with Gasteiger partial charge in [0.2, 0.25) is 0 Å². The topological polar surface area (TPSA) is 93.8 Å². The van der Waals surface area contributed by atoms with E-state index in [9.17, 15) is 19.5 Å². The number of carbonyl (C=O) groups excluding carboxylic acids is 3. The number of ketones is 2. The molecule has 0 saturated carbocycles. The summed E-state index contributed by atoms with van der Waals surface area (Å²) in [6.45, 7) is 1.63. The van der Waals surface area contributed by atoms with Gasteiger partial charge in [-0.25, -0.2) is 0 Å². The molecule has 124 valence electrons. The van der Waals surface area contributed by atoms with Crippen molar-refractivity contribution in [2.45, 2.75) is 19.4 Å². The molecule has 0 spiro atoms. The average Bonchev–Trinajstić information content (AvgIpc) is 3.19. The predicted molar refractivity (Wildman–Crippen MR) is 82.5 cm³/mol. The number of aliphatic hydroxyl groups is 1. The quantitative estimate of drug-likeness (QED) is 0.514. The van der Waals surface area contributed by atoms with Crippen LogP contribution in [0.4, 0.5) is 0 Å². The highest BCUT2D eigenvalue weighted by molar-refractivity contribution is 6.19. The first kappa shape index (κ1) is 16.1. The molecule has 1 aromatic carbocycles. The minimum Gasteiger partial charge on any atom is -0.465 e. The summed E-state index contributed by atoms with van der Waals surface area (Å²) in [6, 6.07) is 9.37. The van der Waals surface area contributed by atoms with Gasteiger partial charge in [-0.05, 0) is 24.6 Å². The summed E-state index contributed by atoms with van der Waals surface area (Å²) in [7, 11) is 0. The summed E-state index contributed by atoms with van der Waals surface area (Å²) in [4.78, 5) is 37.9. The van der Waals surface area contributed by atoms with E-state index in [0.717, 1.165) is 0 Å². The number of hydrogen-bond acceptors (Lipinski definition) is 6.